The van der Waals surface area contributed by atoms with E-state index in [1.165, 1.54) is 11.3 Å². The highest BCUT2D eigenvalue weighted by atomic mass is 32.1. The summed E-state index contributed by atoms with van der Waals surface area (Å²) in [5.74, 6) is -1.59. The molecule has 158 valence electrons. The summed E-state index contributed by atoms with van der Waals surface area (Å²) in [7, 11) is 0. The molecule has 3 heterocycles. The molecular weight excluding hydrogens is 436 g/mol. The molecule has 0 radical (unpaired) electrons. The number of carbonyl (C=O) groups is 4. The first kappa shape index (κ1) is 21.0. The maximum atomic E-state index is 12.6. The van der Waals surface area contributed by atoms with Crippen molar-refractivity contribution in [2.45, 2.75) is 19.9 Å². The Morgan fingerprint density at radius 2 is 1.74 bits per heavy atom. The number of amides is 3. The lowest BCUT2D eigenvalue weighted by Crippen LogP contribution is -2.28. The summed E-state index contributed by atoms with van der Waals surface area (Å²) < 4.78 is 5.10. The quantitative estimate of drug-likeness (QED) is 0.431. The zero-order valence-electron chi connectivity index (χ0n) is 16.5. The van der Waals surface area contributed by atoms with Crippen molar-refractivity contribution in [3.8, 4) is 0 Å². The molecule has 0 aliphatic carbocycles. The number of hydrogen-bond donors (Lipinski definition) is 1. The highest BCUT2D eigenvalue weighted by Gasteiger charge is 2.35. The number of imide groups is 1. The van der Waals surface area contributed by atoms with Gasteiger partial charge in [-0.25, -0.2) is 4.79 Å². The van der Waals surface area contributed by atoms with Crippen molar-refractivity contribution >= 4 is 51.4 Å². The van der Waals surface area contributed by atoms with Gasteiger partial charge in [0.05, 0.1) is 36.3 Å². The van der Waals surface area contributed by atoms with E-state index < -0.39 is 5.97 Å². The lowest BCUT2D eigenvalue weighted by atomic mass is 10.1. The van der Waals surface area contributed by atoms with Crippen LogP contribution in [0.2, 0.25) is 0 Å². The van der Waals surface area contributed by atoms with Crippen molar-refractivity contribution in [1.82, 2.24) is 4.90 Å². The molecule has 4 rings (SSSR count). The molecule has 1 aromatic carbocycles. The number of anilines is 1. The molecule has 0 atom stereocenters. The SMILES string of the molecule is CCOC(=O)c1cc(CN2C(=O)c3ccccc3C2=O)sc1NC(=O)Cc1cccs1. The van der Waals surface area contributed by atoms with Gasteiger partial charge in [-0.05, 0) is 36.6 Å². The highest BCUT2D eigenvalue weighted by Crippen LogP contribution is 2.32. The van der Waals surface area contributed by atoms with Crippen molar-refractivity contribution < 1.29 is 23.9 Å². The first-order valence-corrected chi connectivity index (χ1v) is 11.2. The molecule has 31 heavy (non-hydrogen) atoms. The van der Waals surface area contributed by atoms with E-state index in [1.807, 2.05) is 17.5 Å². The van der Waals surface area contributed by atoms with Crippen molar-refractivity contribution in [1.29, 1.82) is 0 Å². The minimum absolute atomic E-state index is 0.00418. The maximum Gasteiger partial charge on any atom is 0.341 e. The van der Waals surface area contributed by atoms with E-state index in [0.29, 0.717) is 21.0 Å². The number of ether oxygens (including phenoxy) is 1. The molecule has 1 aliphatic rings. The van der Waals surface area contributed by atoms with Gasteiger partial charge >= 0.3 is 5.97 Å². The van der Waals surface area contributed by atoms with Crippen LogP contribution in [0.4, 0.5) is 5.00 Å². The van der Waals surface area contributed by atoms with Crippen molar-refractivity contribution in [2.24, 2.45) is 0 Å². The Balaban J connectivity index is 1.56. The first-order chi connectivity index (χ1) is 15.0. The van der Waals surface area contributed by atoms with Crippen LogP contribution in [0.1, 0.15) is 47.8 Å². The normalized spacial score (nSPS) is 12.7. The molecule has 0 unspecified atom stereocenters. The molecule has 7 nitrogen and oxygen atoms in total. The Kier molecular flexibility index (Phi) is 5.97. The van der Waals surface area contributed by atoms with Crippen LogP contribution in [-0.4, -0.2) is 35.2 Å². The van der Waals surface area contributed by atoms with E-state index in [1.54, 1.807) is 37.3 Å². The molecular formula is C22H18N2O5S2. The summed E-state index contributed by atoms with van der Waals surface area (Å²) in [5.41, 5.74) is 0.927. The Morgan fingerprint density at radius 3 is 2.35 bits per heavy atom. The minimum Gasteiger partial charge on any atom is -0.462 e. The minimum atomic E-state index is -0.571. The fraction of sp³-hybridized carbons (Fsp3) is 0.182. The van der Waals surface area contributed by atoms with E-state index >= 15 is 0 Å². The van der Waals surface area contributed by atoms with Crippen molar-refractivity contribution in [3.05, 3.63) is 74.3 Å². The summed E-state index contributed by atoms with van der Waals surface area (Å²) in [6.07, 6.45) is 0.186. The number of thiophene rings is 2. The van der Waals surface area contributed by atoms with E-state index in [4.69, 9.17) is 4.74 Å². The average molecular weight is 455 g/mol. The summed E-state index contributed by atoms with van der Waals surface area (Å²) in [4.78, 5) is 52.8. The Morgan fingerprint density at radius 1 is 1.03 bits per heavy atom. The number of nitrogens with zero attached hydrogens (tertiary/aromatic N) is 1. The molecule has 0 spiro atoms. The molecule has 0 saturated carbocycles. The number of carbonyl (C=O) groups excluding carboxylic acids is 4. The highest BCUT2D eigenvalue weighted by molar-refractivity contribution is 7.16. The van der Waals surface area contributed by atoms with Crippen LogP contribution in [0.3, 0.4) is 0 Å². The van der Waals surface area contributed by atoms with Crippen LogP contribution in [-0.2, 0) is 22.5 Å². The summed E-state index contributed by atoms with van der Waals surface area (Å²) in [6.45, 7) is 1.88. The van der Waals surface area contributed by atoms with Gasteiger partial charge in [-0.15, -0.1) is 22.7 Å². The van der Waals surface area contributed by atoms with Crippen molar-refractivity contribution in [2.75, 3.05) is 11.9 Å². The zero-order chi connectivity index (χ0) is 22.0. The predicted octanol–water partition coefficient (Wildman–Crippen LogP) is 3.96. The average Bonchev–Trinajstić information content (AvgIpc) is 3.45. The van der Waals surface area contributed by atoms with E-state index in [9.17, 15) is 19.2 Å². The second-order valence-electron chi connectivity index (χ2n) is 6.72. The zero-order valence-corrected chi connectivity index (χ0v) is 18.2. The van der Waals surface area contributed by atoms with Crippen LogP contribution in [0.15, 0.2) is 47.8 Å². The van der Waals surface area contributed by atoms with Gasteiger partial charge in [-0.1, -0.05) is 18.2 Å². The summed E-state index contributed by atoms with van der Waals surface area (Å²) in [5, 5.41) is 5.00. The standard InChI is InChI=1S/C22H18N2O5S2/c1-2-29-22(28)17-10-14(31-19(17)23-18(25)11-13-6-5-9-30-13)12-24-20(26)15-7-3-4-8-16(15)21(24)27/h3-10H,2,11-12H2,1H3,(H,23,25). The van der Waals surface area contributed by atoms with Gasteiger partial charge in [0.2, 0.25) is 5.91 Å². The van der Waals surface area contributed by atoms with Crippen LogP contribution in [0.5, 0.6) is 0 Å². The summed E-state index contributed by atoms with van der Waals surface area (Å²) in [6, 6.07) is 11.9. The number of fused-ring (bicyclic) bond motifs is 1. The van der Waals surface area contributed by atoms with E-state index in [-0.39, 0.29) is 42.9 Å². The third-order valence-electron chi connectivity index (χ3n) is 4.64. The van der Waals surface area contributed by atoms with Gasteiger partial charge in [0.25, 0.3) is 11.8 Å². The van der Waals surface area contributed by atoms with Gasteiger partial charge in [0.1, 0.15) is 5.00 Å². The predicted molar refractivity (Wildman–Crippen MR) is 118 cm³/mol. The second-order valence-corrected chi connectivity index (χ2v) is 8.89. The van der Waals surface area contributed by atoms with Crippen LogP contribution >= 0.6 is 22.7 Å². The molecule has 0 fully saturated rings. The van der Waals surface area contributed by atoms with Gasteiger partial charge in [-0.2, -0.15) is 0 Å². The van der Waals surface area contributed by atoms with Gasteiger partial charge in [0, 0.05) is 9.75 Å². The number of nitrogens with one attached hydrogen (secondary N) is 1. The molecule has 3 amide bonds. The second kappa shape index (κ2) is 8.83. The monoisotopic (exact) mass is 454 g/mol. The molecule has 9 heteroatoms. The van der Waals surface area contributed by atoms with Gasteiger partial charge in [-0.3, -0.25) is 19.3 Å². The molecule has 2 aromatic heterocycles. The molecule has 0 bridgehead atoms. The lowest BCUT2D eigenvalue weighted by molar-refractivity contribution is -0.115. The lowest BCUT2D eigenvalue weighted by Gasteiger charge is -2.12. The smallest absolute Gasteiger partial charge is 0.341 e. The molecule has 1 N–H and O–H groups in total. The fourth-order valence-electron chi connectivity index (χ4n) is 3.25. The maximum absolute atomic E-state index is 12.6. The van der Waals surface area contributed by atoms with Crippen LogP contribution in [0, 0.1) is 0 Å². The van der Waals surface area contributed by atoms with E-state index in [0.717, 1.165) is 21.1 Å². The summed E-state index contributed by atoms with van der Waals surface area (Å²) >= 11 is 2.62. The number of benzene rings is 1. The number of esters is 1. The van der Waals surface area contributed by atoms with Crippen LogP contribution < -0.4 is 5.32 Å². The Hall–Kier alpha value is -3.30. The molecule has 1 aliphatic heterocycles. The van der Waals surface area contributed by atoms with Gasteiger partial charge in [0.15, 0.2) is 0 Å². The third-order valence-corrected chi connectivity index (χ3v) is 6.55. The largest absolute Gasteiger partial charge is 0.462 e. The van der Waals surface area contributed by atoms with Crippen LogP contribution in [0.25, 0.3) is 0 Å². The molecule has 0 saturated heterocycles. The van der Waals surface area contributed by atoms with Crippen molar-refractivity contribution in [3.63, 3.8) is 0 Å². The topological polar surface area (TPSA) is 92.8 Å². The first-order valence-electron chi connectivity index (χ1n) is 9.55. The fourth-order valence-corrected chi connectivity index (χ4v) is 5.01. The van der Waals surface area contributed by atoms with Gasteiger partial charge < -0.3 is 10.1 Å². The number of rotatable bonds is 7. The Labute approximate surface area is 186 Å². The molecule has 3 aromatic rings. The number of hydrogen-bond acceptors (Lipinski definition) is 7. The third kappa shape index (κ3) is 4.28. The van der Waals surface area contributed by atoms with E-state index in [2.05, 4.69) is 5.32 Å². The Bertz CT molecular complexity index is 1130.